The first kappa shape index (κ1) is 10.4. The molecule has 0 atom stereocenters. The lowest BCUT2D eigenvalue weighted by Gasteiger charge is -2.00. The fourth-order valence-electron chi connectivity index (χ4n) is 1.14. The van der Waals surface area contributed by atoms with E-state index in [1.165, 1.54) is 0 Å². The highest BCUT2D eigenvalue weighted by Crippen LogP contribution is 2.14. The van der Waals surface area contributed by atoms with Gasteiger partial charge in [-0.25, -0.2) is 9.97 Å². The molecular formula is C11H7Cl2N2. The van der Waals surface area contributed by atoms with E-state index in [0.717, 1.165) is 5.56 Å². The molecule has 15 heavy (non-hydrogen) atoms. The highest BCUT2D eigenvalue weighted by atomic mass is 35.5. The van der Waals surface area contributed by atoms with Gasteiger partial charge in [-0.1, -0.05) is 35.3 Å². The van der Waals surface area contributed by atoms with Crippen LogP contribution in [0, 0.1) is 6.42 Å². The Hall–Kier alpha value is -1.12. The summed E-state index contributed by atoms with van der Waals surface area (Å²) in [6, 6.07) is 7.48. The van der Waals surface area contributed by atoms with Gasteiger partial charge in [0.2, 0.25) is 0 Å². The Morgan fingerprint density at radius 1 is 1.00 bits per heavy atom. The van der Waals surface area contributed by atoms with Crippen molar-refractivity contribution in [2.24, 2.45) is 0 Å². The zero-order valence-electron chi connectivity index (χ0n) is 7.69. The molecule has 0 N–H and O–H groups in total. The molecule has 0 saturated heterocycles. The van der Waals surface area contributed by atoms with Gasteiger partial charge >= 0.3 is 0 Å². The van der Waals surface area contributed by atoms with E-state index in [2.05, 4.69) is 9.97 Å². The van der Waals surface area contributed by atoms with Crippen molar-refractivity contribution in [3.05, 3.63) is 64.5 Å². The van der Waals surface area contributed by atoms with E-state index in [1.807, 2.05) is 30.7 Å². The van der Waals surface area contributed by atoms with Crippen LogP contribution in [0.3, 0.4) is 0 Å². The molecule has 0 saturated carbocycles. The molecule has 2 nitrogen and oxygen atoms in total. The van der Waals surface area contributed by atoms with E-state index in [4.69, 9.17) is 23.2 Å². The van der Waals surface area contributed by atoms with Crippen molar-refractivity contribution in [3.63, 3.8) is 0 Å². The molecule has 1 heterocycles. The zero-order valence-corrected chi connectivity index (χ0v) is 9.20. The summed E-state index contributed by atoms with van der Waals surface area (Å²) < 4.78 is 0. The Morgan fingerprint density at radius 2 is 1.73 bits per heavy atom. The molecule has 2 aromatic rings. The topological polar surface area (TPSA) is 25.8 Å². The first-order valence-electron chi connectivity index (χ1n) is 4.32. The van der Waals surface area contributed by atoms with E-state index in [-0.39, 0.29) is 0 Å². The Kier molecular flexibility index (Phi) is 3.19. The van der Waals surface area contributed by atoms with E-state index < -0.39 is 0 Å². The number of aromatic nitrogens is 2. The minimum atomic E-state index is 0.526. The maximum absolute atomic E-state index is 5.85. The summed E-state index contributed by atoms with van der Waals surface area (Å²) in [5, 5.41) is 1.22. The third kappa shape index (κ3) is 2.91. The van der Waals surface area contributed by atoms with Gasteiger partial charge in [-0.15, -0.1) is 0 Å². The Bertz CT molecular complexity index is 454. The quantitative estimate of drug-likeness (QED) is 0.801. The predicted octanol–water partition coefficient (Wildman–Crippen LogP) is 3.38. The number of hydrogen-bond donors (Lipinski definition) is 0. The second-order valence-corrected chi connectivity index (χ2v) is 3.83. The summed E-state index contributed by atoms with van der Waals surface area (Å²) in [7, 11) is 0. The van der Waals surface area contributed by atoms with Crippen LogP contribution in [0.1, 0.15) is 11.4 Å². The van der Waals surface area contributed by atoms with Gasteiger partial charge in [0.05, 0.1) is 11.4 Å². The number of benzene rings is 1. The fraction of sp³-hybridized carbons (Fsp3) is 0. The molecule has 4 heteroatoms. The lowest BCUT2D eigenvalue weighted by Crippen LogP contribution is -1.92. The highest BCUT2D eigenvalue weighted by molar-refractivity contribution is 6.30. The first-order valence-corrected chi connectivity index (χ1v) is 5.07. The molecule has 1 aromatic carbocycles. The smallest absolute Gasteiger partial charge is 0.136 e. The van der Waals surface area contributed by atoms with Crippen LogP contribution in [0.15, 0.2) is 36.7 Å². The maximum Gasteiger partial charge on any atom is 0.136 e. The van der Waals surface area contributed by atoms with Gasteiger partial charge in [-0.05, 0) is 17.7 Å². The van der Waals surface area contributed by atoms with E-state index in [0.29, 0.717) is 15.9 Å². The largest absolute Gasteiger partial charge is 0.239 e. The van der Waals surface area contributed by atoms with Crippen molar-refractivity contribution in [2.75, 3.05) is 0 Å². The molecule has 0 aliphatic carbocycles. The maximum atomic E-state index is 5.85. The van der Waals surface area contributed by atoms with E-state index >= 15 is 0 Å². The summed E-state index contributed by atoms with van der Waals surface area (Å²) in [6.45, 7) is 0. The lowest BCUT2D eigenvalue weighted by atomic mass is 10.1. The monoisotopic (exact) mass is 237 g/mol. The van der Waals surface area contributed by atoms with Gasteiger partial charge in [-0.3, -0.25) is 0 Å². The van der Waals surface area contributed by atoms with Crippen molar-refractivity contribution in [2.45, 2.75) is 0 Å². The molecule has 0 amide bonds. The normalized spacial score (nSPS) is 10.3. The number of hydrogen-bond acceptors (Lipinski definition) is 2. The summed E-state index contributed by atoms with van der Waals surface area (Å²) in [4.78, 5) is 8.12. The Balaban J connectivity index is 2.18. The minimum Gasteiger partial charge on any atom is -0.239 e. The molecule has 1 aromatic heterocycles. The molecule has 0 spiro atoms. The molecule has 0 aliphatic rings. The van der Waals surface area contributed by atoms with Crippen molar-refractivity contribution >= 4 is 23.2 Å². The van der Waals surface area contributed by atoms with Crippen LogP contribution in [0.25, 0.3) is 0 Å². The number of rotatable bonds is 2. The van der Waals surface area contributed by atoms with Crippen LogP contribution < -0.4 is 0 Å². The van der Waals surface area contributed by atoms with Gasteiger partial charge in [0, 0.05) is 17.4 Å². The SMILES string of the molecule is Clc1cnc([CH]c2cccc(Cl)c2)nc1. The Labute approximate surface area is 97.9 Å². The van der Waals surface area contributed by atoms with Gasteiger partial charge in [-0.2, -0.15) is 0 Å². The first-order chi connectivity index (χ1) is 7.24. The third-order valence-corrected chi connectivity index (χ3v) is 2.22. The van der Waals surface area contributed by atoms with Crippen LogP contribution in [0.5, 0.6) is 0 Å². The van der Waals surface area contributed by atoms with E-state index in [9.17, 15) is 0 Å². The fourth-order valence-corrected chi connectivity index (χ4v) is 1.44. The average Bonchev–Trinajstić information content (AvgIpc) is 2.22. The predicted molar refractivity (Wildman–Crippen MR) is 61.0 cm³/mol. The van der Waals surface area contributed by atoms with Crippen molar-refractivity contribution in [3.8, 4) is 0 Å². The molecule has 2 rings (SSSR count). The number of nitrogens with zero attached hydrogens (tertiary/aromatic N) is 2. The van der Waals surface area contributed by atoms with Gasteiger partial charge in [0.25, 0.3) is 0 Å². The molecular weight excluding hydrogens is 231 g/mol. The highest BCUT2D eigenvalue weighted by Gasteiger charge is 2.00. The van der Waals surface area contributed by atoms with Crippen LogP contribution in [-0.2, 0) is 0 Å². The van der Waals surface area contributed by atoms with Crippen molar-refractivity contribution in [1.29, 1.82) is 0 Å². The number of halogens is 2. The molecule has 0 fully saturated rings. The second kappa shape index (κ2) is 4.60. The minimum absolute atomic E-state index is 0.526. The zero-order chi connectivity index (χ0) is 10.7. The molecule has 1 radical (unpaired) electrons. The summed E-state index contributed by atoms with van der Waals surface area (Å²) in [5.41, 5.74) is 0.963. The third-order valence-electron chi connectivity index (χ3n) is 1.78. The van der Waals surface area contributed by atoms with Crippen LogP contribution in [0.2, 0.25) is 10.0 Å². The molecule has 0 unspecified atom stereocenters. The standard InChI is InChI=1S/C11H7Cl2N2/c12-9-3-1-2-8(4-9)5-11-14-6-10(13)7-15-11/h1-7H. The summed E-state index contributed by atoms with van der Waals surface area (Å²) >= 11 is 11.5. The van der Waals surface area contributed by atoms with Crippen LogP contribution in [-0.4, -0.2) is 9.97 Å². The van der Waals surface area contributed by atoms with Crippen LogP contribution >= 0.6 is 23.2 Å². The van der Waals surface area contributed by atoms with E-state index in [1.54, 1.807) is 12.4 Å². The molecule has 0 aliphatic heterocycles. The van der Waals surface area contributed by atoms with Crippen LogP contribution in [0.4, 0.5) is 0 Å². The summed E-state index contributed by atoms with van der Waals surface area (Å²) in [6.07, 6.45) is 4.96. The molecule has 75 valence electrons. The Morgan fingerprint density at radius 3 is 2.40 bits per heavy atom. The van der Waals surface area contributed by atoms with Gasteiger partial charge < -0.3 is 0 Å². The second-order valence-electron chi connectivity index (χ2n) is 2.96. The van der Waals surface area contributed by atoms with Gasteiger partial charge in [0.1, 0.15) is 5.82 Å². The van der Waals surface area contributed by atoms with Crippen molar-refractivity contribution < 1.29 is 0 Å². The lowest BCUT2D eigenvalue weighted by molar-refractivity contribution is 1.07. The van der Waals surface area contributed by atoms with Crippen molar-refractivity contribution in [1.82, 2.24) is 9.97 Å². The average molecular weight is 238 g/mol. The molecule has 0 bridgehead atoms. The van der Waals surface area contributed by atoms with Gasteiger partial charge in [0.15, 0.2) is 0 Å². The summed E-state index contributed by atoms with van der Waals surface area (Å²) in [5.74, 6) is 0.613.